The van der Waals surface area contributed by atoms with Gasteiger partial charge in [-0.05, 0) is 40.1 Å². The topological polar surface area (TPSA) is 41.5 Å². The van der Waals surface area contributed by atoms with Gasteiger partial charge in [0.1, 0.15) is 0 Å². The third-order valence-electron chi connectivity index (χ3n) is 2.48. The van der Waals surface area contributed by atoms with E-state index in [2.05, 4.69) is 22.1 Å². The molecule has 2 N–H and O–H groups in total. The van der Waals surface area contributed by atoms with Crippen molar-refractivity contribution in [2.24, 2.45) is 0 Å². The quantitative estimate of drug-likeness (QED) is 0.856. The lowest BCUT2D eigenvalue weighted by Gasteiger charge is -2.07. The number of aromatic hydroxyl groups is 1. The Morgan fingerprint density at radius 1 is 1.24 bits per heavy atom. The number of rotatable bonds is 5. The summed E-state index contributed by atoms with van der Waals surface area (Å²) in [6.45, 7) is 1.57. The van der Waals surface area contributed by atoms with Crippen LogP contribution in [0, 0.1) is 0 Å². The lowest BCUT2D eigenvalue weighted by Crippen LogP contribution is -2.11. The first-order valence-electron chi connectivity index (χ1n) is 5.37. The zero-order chi connectivity index (χ0) is 12.1. The van der Waals surface area contributed by atoms with E-state index in [1.165, 1.54) is 5.56 Å². The van der Waals surface area contributed by atoms with Crippen molar-refractivity contribution >= 4 is 11.3 Å². The summed E-state index contributed by atoms with van der Waals surface area (Å²) >= 11 is 1.70. The van der Waals surface area contributed by atoms with Gasteiger partial charge in [-0.1, -0.05) is 6.07 Å². The molecule has 0 saturated carbocycles. The van der Waals surface area contributed by atoms with Crippen LogP contribution in [0.5, 0.6) is 11.5 Å². The molecule has 0 spiro atoms. The van der Waals surface area contributed by atoms with Crippen molar-refractivity contribution in [3.05, 3.63) is 46.2 Å². The van der Waals surface area contributed by atoms with E-state index < -0.39 is 0 Å². The Morgan fingerprint density at radius 2 is 2.06 bits per heavy atom. The summed E-state index contributed by atoms with van der Waals surface area (Å²) in [7, 11) is 1.55. The van der Waals surface area contributed by atoms with E-state index >= 15 is 0 Å². The van der Waals surface area contributed by atoms with Gasteiger partial charge in [0.25, 0.3) is 0 Å². The van der Waals surface area contributed by atoms with Gasteiger partial charge in [-0.25, -0.2) is 0 Å². The Labute approximate surface area is 105 Å². The molecule has 0 amide bonds. The van der Waals surface area contributed by atoms with Crippen molar-refractivity contribution in [1.29, 1.82) is 0 Å². The number of benzene rings is 1. The van der Waals surface area contributed by atoms with Crippen molar-refractivity contribution in [2.45, 2.75) is 13.1 Å². The van der Waals surface area contributed by atoms with Gasteiger partial charge in [-0.3, -0.25) is 0 Å². The summed E-state index contributed by atoms with van der Waals surface area (Å²) in [6, 6.07) is 7.54. The van der Waals surface area contributed by atoms with Crippen LogP contribution in [0.1, 0.15) is 11.1 Å². The van der Waals surface area contributed by atoms with Crippen LogP contribution >= 0.6 is 11.3 Å². The van der Waals surface area contributed by atoms with Gasteiger partial charge in [0.05, 0.1) is 7.11 Å². The largest absolute Gasteiger partial charge is 0.504 e. The van der Waals surface area contributed by atoms with Crippen LogP contribution in [0.4, 0.5) is 0 Å². The predicted octanol–water partition coefficient (Wildman–Crippen LogP) is 2.75. The molecule has 0 aliphatic rings. The molecule has 0 aliphatic heterocycles. The fraction of sp³-hybridized carbons (Fsp3) is 0.231. The molecule has 0 saturated heterocycles. The molecule has 3 nitrogen and oxygen atoms in total. The second kappa shape index (κ2) is 5.70. The standard InChI is InChI=1S/C13H15NO2S/c1-16-13-3-2-10(6-12(13)15)7-14-8-11-4-5-17-9-11/h2-6,9,14-15H,7-8H2,1H3. The molecular formula is C13H15NO2S. The van der Waals surface area contributed by atoms with Crippen LogP contribution in [-0.4, -0.2) is 12.2 Å². The summed E-state index contributed by atoms with van der Waals surface area (Å²) in [6.07, 6.45) is 0. The summed E-state index contributed by atoms with van der Waals surface area (Å²) in [5.41, 5.74) is 2.33. The molecule has 0 aliphatic carbocycles. The highest BCUT2D eigenvalue weighted by atomic mass is 32.1. The molecule has 17 heavy (non-hydrogen) atoms. The molecule has 2 rings (SSSR count). The molecule has 4 heteroatoms. The normalized spacial score (nSPS) is 10.4. The first kappa shape index (κ1) is 12.0. The molecule has 1 heterocycles. The molecule has 0 fully saturated rings. The van der Waals surface area contributed by atoms with E-state index in [0.29, 0.717) is 5.75 Å². The Bertz CT molecular complexity index is 468. The van der Waals surface area contributed by atoms with Crippen molar-refractivity contribution in [3.63, 3.8) is 0 Å². The van der Waals surface area contributed by atoms with E-state index in [1.807, 2.05) is 6.07 Å². The highest BCUT2D eigenvalue weighted by molar-refractivity contribution is 7.07. The molecule has 2 aromatic rings. The minimum atomic E-state index is 0.183. The Balaban J connectivity index is 1.89. The lowest BCUT2D eigenvalue weighted by atomic mass is 10.2. The SMILES string of the molecule is COc1ccc(CNCc2ccsc2)cc1O. The third kappa shape index (κ3) is 3.22. The van der Waals surface area contributed by atoms with Gasteiger partial charge in [-0.2, -0.15) is 11.3 Å². The number of methoxy groups -OCH3 is 1. The van der Waals surface area contributed by atoms with Crippen molar-refractivity contribution in [1.82, 2.24) is 5.32 Å². The predicted molar refractivity (Wildman–Crippen MR) is 69.5 cm³/mol. The van der Waals surface area contributed by atoms with Crippen LogP contribution in [0.2, 0.25) is 0 Å². The van der Waals surface area contributed by atoms with Gasteiger partial charge < -0.3 is 15.2 Å². The number of hydrogen-bond acceptors (Lipinski definition) is 4. The maximum absolute atomic E-state index is 9.62. The smallest absolute Gasteiger partial charge is 0.160 e. The summed E-state index contributed by atoms with van der Waals surface area (Å²) in [4.78, 5) is 0. The summed E-state index contributed by atoms with van der Waals surface area (Å²) in [5, 5.41) is 17.1. The van der Waals surface area contributed by atoms with E-state index in [1.54, 1.807) is 30.6 Å². The maximum atomic E-state index is 9.62. The van der Waals surface area contributed by atoms with E-state index in [0.717, 1.165) is 18.7 Å². The van der Waals surface area contributed by atoms with Crippen LogP contribution in [0.25, 0.3) is 0 Å². The zero-order valence-corrected chi connectivity index (χ0v) is 10.5. The zero-order valence-electron chi connectivity index (χ0n) is 9.64. The highest BCUT2D eigenvalue weighted by Crippen LogP contribution is 2.26. The Kier molecular flexibility index (Phi) is 4.01. The molecule has 0 bridgehead atoms. The highest BCUT2D eigenvalue weighted by Gasteiger charge is 2.02. The van der Waals surface area contributed by atoms with Crippen molar-refractivity contribution < 1.29 is 9.84 Å². The van der Waals surface area contributed by atoms with Gasteiger partial charge in [0.2, 0.25) is 0 Å². The van der Waals surface area contributed by atoms with Crippen LogP contribution in [0.3, 0.4) is 0 Å². The summed E-state index contributed by atoms with van der Waals surface area (Å²) in [5.74, 6) is 0.689. The van der Waals surface area contributed by atoms with Gasteiger partial charge >= 0.3 is 0 Å². The number of phenolic OH excluding ortho intramolecular Hbond substituents is 1. The lowest BCUT2D eigenvalue weighted by molar-refractivity contribution is 0.373. The molecule has 1 aromatic heterocycles. The average molecular weight is 249 g/mol. The molecule has 0 unspecified atom stereocenters. The molecule has 1 aromatic carbocycles. The minimum absolute atomic E-state index is 0.183. The Hall–Kier alpha value is -1.52. The third-order valence-corrected chi connectivity index (χ3v) is 3.21. The van der Waals surface area contributed by atoms with Crippen molar-refractivity contribution in [2.75, 3.05) is 7.11 Å². The number of ether oxygens (including phenoxy) is 1. The first-order chi connectivity index (χ1) is 8.29. The second-order valence-corrected chi connectivity index (χ2v) is 4.52. The molecule has 0 radical (unpaired) electrons. The van der Waals surface area contributed by atoms with E-state index in [9.17, 15) is 5.11 Å². The second-order valence-electron chi connectivity index (χ2n) is 3.74. The maximum Gasteiger partial charge on any atom is 0.160 e. The monoisotopic (exact) mass is 249 g/mol. The van der Waals surface area contributed by atoms with E-state index in [4.69, 9.17) is 4.74 Å². The number of thiophene rings is 1. The van der Waals surface area contributed by atoms with Gasteiger partial charge in [-0.15, -0.1) is 0 Å². The fourth-order valence-corrected chi connectivity index (χ4v) is 2.26. The molecular weight excluding hydrogens is 234 g/mol. The number of nitrogens with one attached hydrogen (secondary N) is 1. The van der Waals surface area contributed by atoms with Crippen LogP contribution < -0.4 is 10.1 Å². The van der Waals surface area contributed by atoms with E-state index in [-0.39, 0.29) is 5.75 Å². The van der Waals surface area contributed by atoms with Crippen molar-refractivity contribution in [3.8, 4) is 11.5 Å². The van der Waals surface area contributed by atoms with Crippen LogP contribution in [0.15, 0.2) is 35.0 Å². The van der Waals surface area contributed by atoms with Gasteiger partial charge in [0.15, 0.2) is 11.5 Å². The number of hydrogen-bond donors (Lipinski definition) is 2. The molecule has 90 valence electrons. The number of phenols is 1. The average Bonchev–Trinajstić information content (AvgIpc) is 2.82. The Morgan fingerprint density at radius 3 is 2.71 bits per heavy atom. The first-order valence-corrected chi connectivity index (χ1v) is 6.31. The minimum Gasteiger partial charge on any atom is -0.504 e. The van der Waals surface area contributed by atoms with Crippen LogP contribution in [-0.2, 0) is 13.1 Å². The summed E-state index contributed by atoms with van der Waals surface area (Å²) < 4.78 is 4.99. The molecule has 0 atom stereocenters. The van der Waals surface area contributed by atoms with Gasteiger partial charge in [0, 0.05) is 13.1 Å². The fourth-order valence-electron chi connectivity index (χ4n) is 1.59.